The lowest BCUT2D eigenvalue weighted by Gasteiger charge is -2.11. The second-order valence-electron chi connectivity index (χ2n) is 5.20. The van der Waals surface area contributed by atoms with Gasteiger partial charge in [0.25, 0.3) is 5.91 Å². The second-order valence-corrected chi connectivity index (χ2v) is 5.20. The zero-order chi connectivity index (χ0) is 14.5. The number of hydrogen-bond acceptors (Lipinski definition) is 4. The highest BCUT2D eigenvalue weighted by Gasteiger charge is 2.28. The van der Waals surface area contributed by atoms with E-state index in [1.807, 2.05) is 13.8 Å². The quantitative estimate of drug-likeness (QED) is 0.684. The van der Waals surface area contributed by atoms with Crippen molar-refractivity contribution in [1.29, 1.82) is 0 Å². The predicted molar refractivity (Wildman–Crippen MR) is 73.2 cm³/mol. The minimum Gasteiger partial charge on any atom is -0.354 e. The number of nitrogens with one attached hydrogen (secondary N) is 3. The molecule has 1 aromatic heterocycles. The summed E-state index contributed by atoms with van der Waals surface area (Å²) in [7, 11) is 0. The van der Waals surface area contributed by atoms with Crippen LogP contribution < -0.4 is 10.6 Å². The van der Waals surface area contributed by atoms with Crippen LogP contribution in [0.5, 0.6) is 0 Å². The molecule has 20 heavy (non-hydrogen) atoms. The molecule has 0 bridgehead atoms. The van der Waals surface area contributed by atoms with Gasteiger partial charge in [-0.05, 0) is 26.2 Å². The summed E-state index contributed by atoms with van der Waals surface area (Å²) in [4.78, 5) is 27.5. The molecule has 1 aromatic rings. The molecule has 0 spiro atoms. The first-order valence-electron chi connectivity index (χ1n) is 7.10. The van der Waals surface area contributed by atoms with Gasteiger partial charge >= 0.3 is 0 Å². The number of amides is 2. The number of nitrogens with zero attached hydrogens (tertiary/aromatic N) is 2. The highest BCUT2D eigenvalue weighted by molar-refractivity contribution is 5.90. The van der Waals surface area contributed by atoms with E-state index in [0.29, 0.717) is 5.92 Å². The molecule has 110 valence electrons. The Morgan fingerprint density at radius 2 is 2.20 bits per heavy atom. The first-order valence-corrected chi connectivity index (χ1v) is 7.10. The molecule has 2 rings (SSSR count). The molecule has 1 fully saturated rings. The molecular formula is C13H21N5O2. The minimum atomic E-state index is -0.343. The molecular weight excluding hydrogens is 258 g/mol. The minimum absolute atomic E-state index is 0.0618. The summed E-state index contributed by atoms with van der Waals surface area (Å²) < 4.78 is 0. The van der Waals surface area contributed by atoms with Crippen molar-refractivity contribution in [3.63, 3.8) is 0 Å². The van der Waals surface area contributed by atoms with Gasteiger partial charge in [0.05, 0.1) is 0 Å². The Bertz CT molecular complexity index is 481. The van der Waals surface area contributed by atoms with E-state index in [1.165, 1.54) is 0 Å². The van der Waals surface area contributed by atoms with Crippen LogP contribution in [-0.4, -0.2) is 39.6 Å². The zero-order valence-corrected chi connectivity index (χ0v) is 11.9. The van der Waals surface area contributed by atoms with Crippen LogP contribution in [0.25, 0.3) is 0 Å². The first kappa shape index (κ1) is 14.5. The number of H-pyrrole nitrogens is 1. The van der Waals surface area contributed by atoms with Crippen molar-refractivity contribution in [3.8, 4) is 0 Å². The van der Waals surface area contributed by atoms with Crippen LogP contribution in [-0.2, 0) is 4.79 Å². The molecule has 0 aliphatic heterocycles. The number of rotatable bonds is 7. The Hall–Kier alpha value is -1.92. The number of carbonyl (C=O) groups is 2. The molecule has 7 heteroatoms. The molecule has 1 atom stereocenters. The SMILES string of the molecule is CCC(C)NC(=O)CCNC(=O)c1n[nH]c(C2CC2)n1. The van der Waals surface area contributed by atoms with Gasteiger partial charge in [-0.25, -0.2) is 4.98 Å². The van der Waals surface area contributed by atoms with E-state index in [2.05, 4.69) is 25.8 Å². The van der Waals surface area contributed by atoms with Gasteiger partial charge in [-0.15, -0.1) is 5.10 Å². The van der Waals surface area contributed by atoms with Gasteiger partial charge in [-0.3, -0.25) is 14.7 Å². The molecule has 1 heterocycles. The van der Waals surface area contributed by atoms with Crippen molar-refractivity contribution in [2.45, 2.75) is 51.5 Å². The monoisotopic (exact) mass is 279 g/mol. The van der Waals surface area contributed by atoms with Gasteiger partial charge in [0.15, 0.2) is 0 Å². The Morgan fingerprint density at radius 3 is 2.85 bits per heavy atom. The Kier molecular flexibility index (Phi) is 4.70. The number of aromatic amines is 1. The standard InChI is InChI=1S/C13H21N5O2/c1-3-8(2)15-10(19)6-7-14-13(20)12-16-11(17-18-12)9-4-5-9/h8-9H,3-7H2,1-2H3,(H,14,20)(H,15,19)(H,16,17,18). The Labute approximate surface area is 117 Å². The van der Waals surface area contributed by atoms with Crippen LogP contribution >= 0.6 is 0 Å². The average molecular weight is 279 g/mol. The molecule has 0 saturated heterocycles. The van der Waals surface area contributed by atoms with Gasteiger partial charge in [-0.1, -0.05) is 6.92 Å². The maximum atomic E-state index is 11.8. The van der Waals surface area contributed by atoms with E-state index >= 15 is 0 Å². The summed E-state index contributed by atoms with van der Waals surface area (Å²) in [5.74, 6) is 0.960. The smallest absolute Gasteiger partial charge is 0.290 e. The van der Waals surface area contributed by atoms with E-state index in [-0.39, 0.29) is 36.6 Å². The lowest BCUT2D eigenvalue weighted by Crippen LogP contribution is -2.35. The number of carbonyl (C=O) groups excluding carboxylic acids is 2. The summed E-state index contributed by atoms with van der Waals surface area (Å²) in [6, 6.07) is 0.160. The summed E-state index contributed by atoms with van der Waals surface area (Å²) in [5.41, 5.74) is 0. The summed E-state index contributed by atoms with van der Waals surface area (Å²) in [6.07, 6.45) is 3.35. The van der Waals surface area contributed by atoms with Gasteiger partial charge < -0.3 is 10.6 Å². The predicted octanol–water partition coefficient (Wildman–Crippen LogP) is 0.717. The molecule has 3 N–H and O–H groups in total. The van der Waals surface area contributed by atoms with Crippen LogP contribution in [0.15, 0.2) is 0 Å². The normalized spacial score (nSPS) is 15.7. The van der Waals surface area contributed by atoms with Crippen LogP contribution in [0.3, 0.4) is 0 Å². The summed E-state index contributed by atoms with van der Waals surface area (Å²) >= 11 is 0. The third kappa shape index (κ3) is 4.04. The lowest BCUT2D eigenvalue weighted by atomic mass is 10.2. The van der Waals surface area contributed by atoms with Crippen molar-refractivity contribution in [2.24, 2.45) is 0 Å². The zero-order valence-electron chi connectivity index (χ0n) is 11.9. The second kappa shape index (κ2) is 6.49. The average Bonchev–Trinajstić information content (AvgIpc) is 3.16. The van der Waals surface area contributed by atoms with Gasteiger partial charge in [0.1, 0.15) is 5.82 Å². The molecule has 0 aromatic carbocycles. The van der Waals surface area contributed by atoms with E-state index < -0.39 is 0 Å². The third-order valence-electron chi connectivity index (χ3n) is 3.33. The molecule has 0 radical (unpaired) electrons. The summed E-state index contributed by atoms with van der Waals surface area (Å²) in [5, 5.41) is 12.2. The van der Waals surface area contributed by atoms with E-state index in [9.17, 15) is 9.59 Å². The molecule has 1 unspecified atom stereocenters. The van der Waals surface area contributed by atoms with Crippen LogP contribution in [0, 0.1) is 0 Å². The maximum Gasteiger partial charge on any atom is 0.290 e. The largest absolute Gasteiger partial charge is 0.354 e. The number of aromatic nitrogens is 3. The van der Waals surface area contributed by atoms with E-state index in [0.717, 1.165) is 25.1 Å². The first-order chi connectivity index (χ1) is 9.60. The maximum absolute atomic E-state index is 11.8. The van der Waals surface area contributed by atoms with Crippen molar-refractivity contribution < 1.29 is 9.59 Å². The third-order valence-corrected chi connectivity index (χ3v) is 3.33. The van der Waals surface area contributed by atoms with Gasteiger partial charge in [0.2, 0.25) is 11.7 Å². The molecule has 1 aliphatic carbocycles. The molecule has 7 nitrogen and oxygen atoms in total. The van der Waals surface area contributed by atoms with Crippen LogP contribution in [0.2, 0.25) is 0 Å². The lowest BCUT2D eigenvalue weighted by molar-refractivity contribution is -0.121. The van der Waals surface area contributed by atoms with Crippen molar-refractivity contribution >= 4 is 11.8 Å². The Morgan fingerprint density at radius 1 is 1.45 bits per heavy atom. The number of hydrogen-bond donors (Lipinski definition) is 3. The van der Waals surface area contributed by atoms with Crippen molar-refractivity contribution in [2.75, 3.05) is 6.54 Å². The van der Waals surface area contributed by atoms with Crippen LogP contribution in [0.1, 0.15) is 61.9 Å². The van der Waals surface area contributed by atoms with Crippen molar-refractivity contribution in [1.82, 2.24) is 25.8 Å². The highest BCUT2D eigenvalue weighted by atomic mass is 16.2. The summed E-state index contributed by atoms with van der Waals surface area (Å²) in [6.45, 7) is 4.24. The Balaban J connectivity index is 1.70. The van der Waals surface area contributed by atoms with Gasteiger partial charge in [-0.2, -0.15) is 0 Å². The van der Waals surface area contributed by atoms with Crippen LogP contribution in [0.4, 0.5) is 0 Å². The molecule has 1 saturated carbocycles. The topological polar surface area (TPSA) is 99.8 Å². The van der Waals surface area contributed by atoms with Crippen molar-refractivity contribution in [3.05, 3.63) is 11.6 Å². The van der Waals surface area contributed by atoms with E-state index in [1.54, 1.807) is 0 Å². The van der Waals surface area contributed by atoms with E-state index in [4.69, 9.17) is 0 Å². The molecule has 2 amide bonds. The van der Waals surface area contributed by atoms with Gasteiger partial charge in [0, 0.05) is 24.9 Å². The fraction of sp³-hybridized carbons (Fsp3) is 0.692. The molecule has 1 aliphatic rings. The fourth-order valence-electron chi connectivity index (χ4n) is 1.73. The highest BCUT2D eigenvalue weighted by Crippen LogP contribution is 2.37. The fourth-order valence-corrected chi connectivity index (χ4v) is 1.73.